The molecule has 72 valence electrons. The van der Waals surface area contributed by atoms with Gasteiger partial charge in [0.15, 0.2) is 0 Å². The first-order valence-electron chi connectivity index (χ1n) is 3.56. The van der Waals surface area contributed by atoms with Gasteiger partial charge < -0.3 is 25.2 Å². The Morgan fingerprint density at radius 1 is 1.08 bits per heavy atom. The summed E-state index contributed by atoms with van der Waals surface area (Å²) in [5.74, 6) is 0. The SMILES string of the molecule is OCC1OC(S)[C@@H](O)[C@@H](O)[C@@H]1O. The minimum Gasteiger partial charge on any atom is -0.394 e. The molecule has 0 bridgehead atoms. The van der Waals surface area contributed by atoms with Gasteiger partial charge in [0.2, 0.25) is 0 Å². The number of aliphatic hydroxyl groups excluding tert-OH is 4. The highest BCUT2D eigenvalue weighted by atomic mass is 32.1. The van der Waals surface area contributed by atoms with Crippen LogP contribution in [0.25, 0.3) is 0 Å². The van der Waals surface area contributed by atoms with Crippen molar-refractivity contribution >= 4 is 12.6 Å². The Kier molecular flexibility index (Phi) is 3.33. The summed E-state index contributed by atoms with van der Waals surface area (Å²) in [5.41, 5.74) is -0.874. The van der Waals surface area contributed by atoms with Gasteiger partial charge in [0.25, 0.3) is 0 Å². The molecule has 0 aromatic rings. The summed E-state index contributed by atoms with van der Waals surface area (Å²) in [5, 5.41) is 36.2. The lowest BCUT2D eigenvalue weighted by atomic mass is 10.0. The van der Waals surface area contributed by atoms with Gasteiger partial charge in [-0.1, -0.05) is 0 Å². The van der Waals surface area contributed by atoms with Gasteiger partial charge in [-0.15, -0.1) is 12.6 Å². The van der Waals surface area contributed by atoms with E-state index in [9.17, 15) is 10.2 Å². The standard InChI is InChI=1S/C6H12O5S/c7-1-2-3(8)4(9)5(10)6(12)11-2/h2-10,12H,1H2/t2?,3-,4+,5+,6?/m1/s1. The molecule has 1 aliphatic rings. The average molecular weight is 196 g/mol. The molecule has 6 heteroatoms. The smallest absolute Gasteiger partial charge is 0.129 e. The number of hydrogen-bond acceptors (Lipinski definition) is 6. The van der Waals surface area contributed by atoms with Crippen LogP contribution in [-0.4, -0.2) is 56.9 Å². The van der Waals surface area contributed by atoms with E-state index in [0.717, 1.165) is 0 Å². The molecule has 1 heterocycles. The first-order chi connectivity index (χ1) is 5.57. The molecule has 2 unspecified atom stereocenters. The van der Waals surface area contributed by atoms with Gasteiger partial charge in [-0.05, 0) is 0 Å². The summed E-state index contributed by atoms with van der Waals surface area (Å²) in [6, 6.07) is 0. The Bertz CT molecular complexity index is 150. The lowest BCUT2D eigenvalue weighted by molar-refractivity contribution is -0.205. The maximum Gasteiger partial charge on any atom is 0.129 e. The molecule has 1 rings (SSSR count). The van der Waals surface area contributed by atoms with Crippen LogP contribution in [0.3, 0.4) is 0 Å². The van der Waals surface area contributed by atoms with Gasteiger partial charge in [0.05, 0.1) is 6.61 Å². The van der Waals surface area contributed by atoms with Crippen molar-refractivity contribution in [2.45, 2.75) is 29.9 Å². The maximum atomic E-state index is 9.20. The van der Waals surface area contributed by atoms with E-state index in [1.165, 1.54) is 0 Å². The van der Waals surface area contributed by atoms with Crippen LogP contribution >= 0.6 is 12.6 Å². The van der Waals surface area contributed by atoms with Crippen LogP contribution in [0.2, 0.25) is 0 Å². The van der Waals surface area contributed by atoms with E-state index in [-0.39, 0.29) is 0 Å². The summed E-state index contributed by atoms with van der Waals surface area (Å²) in [7, 11) is 0. The average Bonchev–Trinajstić information content (AvgIpc) is 2.08. The molecule has 1 fully saturated rings. The van der Waals surface area contributed by atoms with Crippen molar-refractivity contribution in [3.8, 4) is 0 Å². The van der Waals surface area contributed by atoms with Crippen LogP contribution in [0.4, 0.5) is 0 Å². The number of aliphatic hydroxyl groups is 4. The fraction of sp³-hybridized carbons (Fsp3) is 1.00. The Balaban J connectivity index is 2.63. The second-order valence-corrected chi connectivity index (χ2v) is 3.23. The van der Waals surface area contributed by atoms with Crippen molar-refractivity contribution < 1.29 is 25.2 Å². The van der Waals surface area contributed by atoms with Gasteiger partial charge >= 0.3 is 0 Å². The molecule has 1 saturated heterocycles. The molecule has 0 aromatic heterocycles. The van der Waals surface area contributed by atoms with E-state index in [0.29, 0.717) is 0 Å². The van der Waals surface area contributed by atoms with Crippen molar-refractivity contribution in [3.05, 3.63) is 0 Å². The first-order valence-corrected chi connectivity index (χ1v) is 4.08. The highest BCUT2D eigenvalue weighted by Crippen LogP contribution is 2.22. The van der Waals surface area contributed by atoms with Gasteiger partial charge in [-0.2, -0.15) is 0 Å². The molecule has 0 saturated carbocycles. The van der Waals surface area contributed by atoms with Crippen molar-refractivity contribution in [1.29, 1.82) is 0 Å². The van der Waals surface area contributed by atoms with Gasteiger partial charge in [0, 0.05) is 0 Å². The molecule has 0 aliphatic carbocycles. The summed E-state index contributed by atoms with van der Waals surface area (Å²) < 4.78 is 4.88. The van der Waals surface area contributed by atoms with Gasteiger partial charge in [0.1, 0.15) is 29.9 Å². The second kappa shape index (κ2) is 3.91. The van der Waals surface area contributed by atoms with Crippen molar-refractivity contribution in [2.75, 3.05) is 6.61 Å². The minimum atomic E-state index is -1.32. The summed E-state index contributed by atoms with van der Waals surface area (Å²) in [4.78, 5) is 0. The van der Waals surface area contributed by atoms with E-state index in [1.54, 1.807) is 0 Å². The molecule has 0 spiro atoms. The molecule has 4 N–H and O–H groups in total. The molecule has 1 aliphatic heterocycles. The topological polar surface area (TPSA) is 90.2 Å². The number of thiol groups is 1. The molecule has 0 amide bonds. The zero-order valence-electron chi connectivity index (χ0n) is 6.24. The highest BCUT2D eigenvalue weighted by Gasteiger charge is 2.41. The summed E-state index contributed by atoms with van der Waals surface area (Å²) in [6.45, 7) is -0.415. The predicted molar refractivity (Wildman–Crippen MR) is 42.8 cm³/mol. The fourth-order valence-electron chi connectivity index (χ4n) is 1.08. The molecular formula is C6H12O5S. The van der Waals surface area contributed by atoms with Crippen molar-refractivity contribution in [2.24, 2.45) is 0 Å². The van der Waals surface area contributed by atoms with Crippen LogP contribution in [0.15, 0.2) is 0 Å². The molecule has 5 nitrogen and oxygen atoms in total. The van der Waals surface area contributed by atoms with Crippen LogP contribution in [0.1, 0.15) is 0 Å². The van der Waals surface area contributed by atoms with Crippen molar-refractivity contribution in [3.63, 3.8) is 0 Å². The van der Waals surface area contributed by atoms with E-state index in [1.807, 2.05) is 0 Å². The van der Waals surface area contributed by atoms with E-state index >= 15 is 0 Å². The maximum absolute atomic E-state index is 9.20. The van der Waals surface area contributed by atoms with Crippen LogP contribution < -0.4 is 0 Å². The summed E-state index contributed by atoms with van der Waals surface area (Å²) in [6.07, 6.45) is -4.70. The molecule has 5 atom stereocenters. The Hall–Kier alpha value is 0.150. The van der Waals surface area contributed by atoms with Gasteiger partial charge in [-0.25, -0.2) is 0 Å². The Morgan fingerprint density at radius 3 is 2.17 bits per heavy atom. The van der Waals surface area contributed by atoms with Crippen molar-refractivity contribution in [1.82, 2.24) is 0 Å². The normalized spacial score (nSPS) is 49.2. The van der Waals surface area contributed by atoms with Crippen LogP contribution in [-0.2, 0) is 4.74 Å². The third kappa shape index (κ3) is 1.73. The van der Waals surface area contributed by atoms with Crippen LogP contribution in [0, 0.1) is 0 Å². The Labute approximate surface area is 75.0 Å². The number of ether oxygens (including phenoxy) is 1. The zero-order valence-corrected chi connectivity index (χ0v) is 7.13. The minimum absolute atomic E-state index is 0.415. The molecule has 0 radical (unpaired) electrons. The van der Waals surface area contributed by atoms with E-state index in [4.69, 9.17) is 14.9 Å². The molecule has 0 aromatic carbocycles. The Morgan fingerprint density at radius 2 is 1.67 bits per heavy atom. The third-order valence-electron chi connectivity index (χ3n) is 1.87. The monoisotopic (exact) mass is 196 g/mol. The molecule has 12 heavy (non-hydrogen) atoms. The first kappa shape index (κ1) is 10.2. The lowest BCUT2D eigenvalue weighted by Gasteiger charge is -2.37. The second-order valence-electron chi connectivity index (χ2n) is 2.72. The zero-order chi connectivity index (χ0) is 9.30. The lowest BCUT2D eigenvalue weighted by Crippen LogP contribution is -2.56. The third-order valence-corrected chi connectivity index (χ3v) is 2.29. The summed E-state index contributed by atoms with van der Waals surface area (Å²) >= 11 is 3.81. The highest BCUT2D eigenvalue weighted by molar-refractivity contribution is 7.80. The predicted octanol–water partition coefficient (Wildman–Crippen LogP) is -2.28. The van der Waals surface area contributed by atoms with Crippen LogP contribution in [0.5, 0.6) is 0 Å². The number of rotatable bonds is 1. The largest absolute Gasteiger partial charge is 0.394 e. The molecular weight excluding hydrogens is 184 g/mol. The number of hydrogen-bond donors (Lipinski definition) is 5. The quantitative estimate of drug-likeness (QED) is 0.305. The van der Waals surface area contributed by atoms with E-state index in [2.05, 4.69) is 12.6 Å². The van der Waals surface area contributed by atoms with Gasteiger partial charge in [-0.3, -0.25) is 0 Å². The van der Waals surface area contributed by atoms with E-state index < -0.39 is 36.5 Å². The fourth-order valence-corrected chi connectivity index (χ4v) is 1.41.